The van der Waals surface area contributed by atoms with Gasteiger partial charge in [-0.2, -0.15) is 5.10 Å². The van der Waals surface area contributed by atoms with Gasteiger partial charge < -0.3 is 4.57 Å². The number of sulfonamides is 1. The van der Waals surface area contributed by atoms with Crippen molar-refractivity contribution in [1.29, 1.82) is 0 Å². The predicted octanol–water partition coefficient (Wildman–Crippen LogP) is 5.08. The largest absolute Gasteiger partial charge is 0.318 e. The molecule has 7 nitrogen and oxygen atoms in total. The van der Waals surface area contributed by atoms with E-state index in [2.05, 4.69) is 26.5 Å². The van der Waals surface area contributed by atoms with Gasteiger partial charge in [-0.3, -0.25) is 9.10 Å². The van der Waals surface area contributed by atoms with Gasteiger partial charge in [0, 0.05) is 37.2 Å². The summed E-state index contributed by atoms with van der Waals surface area (Å²) >= 11 is 15.6. The first-order valence-electron chi connectivity index (χ1n) is 9.66. The molecule has 0 unspecified atom stereocenters. The van der Waals surface area contributed by atoms with Crippen molar-refractivity contribution in [2.75, 3.05) is 17.1 Å². The molecule has 33 heavy (non-hydrogen) atoms. The molecule has 174 valence electrons. The van der Waals surface area contributed by atoms with Crippen LogP contribution in [-0.2, 0) is 14.8 Å². The number of amides is 1. The summed E-state index contributed by atoms with van der Waals surface area (Å²) in [5, 5.41) is 5.05. The predicted molar refractivity (Wildman–Crippen MR) is 137 cm³/mol. The van der Waals surface area contributed by atoms with Crippen molar-refractivity contribution in [2.45, 2.75) is 13.8 Å². The van der Waals surface area contributed by atoms with E-state index in [1.165, 1.54) is 6.21 Å². The lowest BCUT2D eigenvalue weighted by molar-refractivity contribution is -0.119. The van der Waals surface area contributed by atoms with E-state index in [9.17, 15) is 13.2 Å². The maximum absolute atomic E-state index is 12.4. The molecule has 1 amide bonds. The summed E-state index contributed by atoms with van der Waals surface area (Å²) in [6.45, 7) is 3.43. The first kappa shape index (κ1) is 25.3. The number of nitrogens with one attached hydrogen (secondary N) is 1. The zero-order valence-electron chi connectivity index (χ0n) is 18.0. The maximum atomic E-state index is 12.4. The Hall–Kier alpha value is -2.33. The summed E-state index contributed by atoms with van der Waals surface area (Å²) in [5.74, 6) is -0.574. The summed E-state index contributed by atoms with van der Waals surface area (Å²) in [5.41, 5.74) is 6.15. The number of carbonyl (C=O) groups excluding carboxylic acids is 1. The number of hydrazone groups is 1. The molecule has 0 atom stereocenters. The van der Waals surface area contributed by atoms with Crippen LogP contribution in [0.25, 0.3) is 5.69 Å². The van der Waals surface area contributed by atoms with Gasteiger partial charge in [0.15, 0.2) is 0 Å². The normalized spacial score (nSPS) is 11.7. The minimum atomic E-state index is -3.67. The smallest absolute Gasteiger partial charge is 0.260 e. The van der Waals surface area contributed by atoms with E-state index >= 15 is 0 Å². The van der Waals surface area contributed by atoms with Gasteiger partial charge in [-0.05, 0) is 62.4 Å². The lowest BCUT2D eigenvalue weighted by atomic mass is 10.2. The van der Waals surface area contributed by atoms with Gasteiger partial charge in [0.05, 0.1) is 18.2 Å². The fourth-order valence-corrected chi connectivity index (χ4v) is 4.97. The second kappa shape index (κ2) is 10.3. The van der Waals surface area contributed by atoms with Crippen LogP contribution in [-0.4, -0.2) is 37.9 Å². The SMILES string of the molecule is Cc1cc(/C=N\NC(=O)CN(c2ccc(Br)cc2)S(C)(=O)=O)c(C)n1-c1cc(Cl)cc(Cl)c1. The Morgan fingerprint density at radius 2 is 1.73 bits per heavy atom. The van der Waals surface area contributed by atoms with Gasteiger partial charge in [-0.1, -0.05) is 39.1 Å². The molecule has 1 N–H and O–H groups in total. The third-order valence-electron chi connectivity index (χ3n) is 4.77. The van der Waals surface area contributed by atoms with Crippen LogP contribution in [0.1, 0.15) is 17.0 Å². The van der Waals surface area contributed by atoms with E-state index < -0.39 is 22.5 Å². The molecule has 3 rings (SSSR count). The Morgan fingerprint density at radius 3 is 2.30 bits per heavy atom. The molecular weight excluding hydrogens is 551 g/mol. The van der Waals surface area contributed by atoms with Crippen molar-refractivity contribution in [3.8, 4) is 5.69 Å². The number of anilines is 1. The highest BCUT2D eigenvalue weighted by Gasteiger charge is 2.20. The molecule has 2 aromatic carbocycles. The first-order chi connectivity index (χ1) is 15.5. The van der Waals surface area contributed by atoms with Crippen molar-refractivity contribution in [2.24, 2.45) is 5.10 Å². The molecule has 0 bridgehead atoms. The standard InChI is InChI=1S/C22H21BrCl2N4O3S/c1-14-8-16(15(2)29(14)21-10-18(24)9-19(25)11-21)12-26-27-22(30)13-28(33(3,31)32)20-6-4-17(23)5-7-20/h4-12H,13H2,1-3H3,(H,27,30)/b26-12-. The van der Waals surface area contributed by atoms with Crippen LogP contribution in [0.2, 0.25) is 10.0 Å². The molecule has 0 aliphatic carbocycles. The molecule has 1 heterocycles. The third-order valence-corrected chi connectivity index (χ3v) is 6.88. The Balaban J connectivity index is 1.75. The van der Waals surface area contributed by atoms with Crippen molar-refractivity contribution >= 4 is 67.0 Å². The number of nitrogens with zero attached hydrogens (tertiary/aromatic N) is 3. The topological polar surface area (TPSA) is 83.8 Å². The van der Waals surface area contributed by atoms with Gasteiger partial charge in [0.2, 0.25) is 10.0 Å². The van der Waals surface area contributed by atoms with Crippen LogP contribution >= 0.6 is 39.1 Å². The van der Waals surface area contributed by atoms with Crippen LogP contribution in [0.5, 0.6) is 0 Å². The Bertz CT molecular complexity index is 1300. The van der Waals surface area contributed by atoms with Gasteiger partial charge in [0.1, 0.15) is 6.54 Å². The highest BCUT2D eigenvalue weighted by atomic mass is 79.9. The molecule has 0 saturated heterocycles. The van der Waals surface area contributed by atoms with E-state index in [0.29, 0.717) is 15.7 Å². The van der Waals surface area contributed by atoms with Crippen molar-refractivity contribution in [1.82, 2.24) is 9.99 Å². The van der Waals surface area contributed by atoms with Crippen LogP contribution in [0.4, 0.5) is 5.69 Å². The van der Waals surface area contributed by atoms with Crippen LogP contribution < -0.4 is 9.73 Å². The van der Waals surface area contributed by atoms with Gasteiger partial charge in [0.25, 0.3) is 5.91 Å². The molecule has 11 heteroatoms. The second-order valence-corrected chi connectivity index (χ2v) is 11.0. The Kier molecular flexibility index (Phi) is 7.89. The fourth-order valence-electron chi connectivity index (χ4n) is 3.33. The first-order valence-corrected chi connectivity index (χ1v) is 13.1. The molecule has 0 spiro atoms. The van der Waals surface area contributed by atoms with E-state index in [4.69, 9.17) is 23.2 Å². The van der Waals surface area contributed by atoms with E-state index in [-0.39, 0.29) is 0 Å². The fraction of sp³-hybridized carbons (Fsp3) is 0.182. The average Bonchev–Trinajstić information content (AvgIpc) is 2.98. The number of aromatic nitrogens is 1. The summed E-state index contributed by atoms with van der Waals surface area (Å²) < 4.78 is 28.2. The van der Waals surface area contributed by atoms with Crippen molar-refractivity contribution < 1.29 is 13.2 Å². The number of hydrogen-bond acceptors (Lipinski definition) is 4. The molecule has 3 aromatic rings. The summed E-state index contributed by atoms with van der Waals surface area (Å²) in [7, 11) is -3.67. The van der Waals surface area contributed by atoms with E-state index in [1.54, 1.807) is 42.5 Å². The highest BCUT2D eigenvalue weighted by molar-refractivity contribution is 9.10. The third kappa shape index (κ3) is 6.38. The van der Waals surface area contributed by atoms with Gasteiger partial charge >= 0.3 is 0 Å². The lowest BCUT2D eigenvalue weighted by Crippen LogP contribution is -2.39. The Labute approximate surface area is 211 Å². The minimum absolute atomic E-state index is 0.378. The minimum Gasteiger partial charge on any atom is -0.318 e. The maximum Gasteiger partial charge on any atom is 0.260 e. The van der Waals surface area contributed by atoms with Crippen molar-refractivity contribution in [3.63, 3.8) is 0 Å². The lowest BCUT2D eigenvalue weighted by Gasteiger charge is -2.21. The summed E-state index contributed by atoms with van der Waals surface area (Å²) in [4.78, 5) is 12.4. The van der Waals surface area contributed by atoms with Crippen LogP contribution in [0.15, 0.2) is 58.1 Å². The molecular formula is C22H21BrCl2N4O3S. The molecule has 0 radical (unpaired) electrons. The van der Waals surface area contributed by atoms with E-state index in [1.807, 2.05) is 24.5 Å². The molecule has 0 aliphatic heterocycles. The summed E-state index contributed by atoms with van der Waals surface area (Å²) in [6.07, 6.45) is 2.55. The Morgan fingerprint density at radius 1 is 1.12 bits per heavy atom. The number of benzene rings is 2. The van der Waals surface area contributed by atoms with Crippen LogP contribution in [0, 0.1) is 13.8 Å². The molecule has 1 aromatic heterocycles. The monoisotopic (exact) mass is 570 g/mol. The zero-order chi connectivity index (χ0) is 24.3. The van der Waals surface area contributed by atoms with E-state index in [0.717, 1.165) is 37.7 Å². The highest BCUT2D eigenvalue weighted by Crippen LogP contribution is 2.26. The molecule has 0 fully saturated rings. The second-order valence-electron chi connectivity index (χ2n) is 7.33. The summed E-state index contributed by atoms with van der Waals surface area (Å²) in [6, 6.07) is 13.8. The number of halogens is 3. The van der Waals surface area contributed by atoms with Gasteiger partial charge in [-0.25, -0.2) is 13.8 Å². The number of aryl methyl sites for hydroxylation is 1. The quantitative estimate of drug-likeness (QED) is 0.317. The number of hydrogen-bond donors (Lipinski definition) is 1. The number of rotatable bonds is 7. The average molecular weight is 572 g/mol. The van der Waals surface area contributed by atoms with Crippen LogP contribution in [0.3, 0.4) is 0 Å². The molecule has 0 saturated carbocycles. The van der Waals surface area contributed by atoms with Gasteiger partial charge in [-0.15, -0.1) is 0 Å². The molecule has 0 aliphatic rings. The number of carbonyl (C=O) groups is 1. The zero-order valence-corrected chi connectivity index (χ0v) is 21.9. The van der Waals surface area contributed by atoms with Crippen molar-refractivity contribution in [3.05, 3.63) is 80.0 Å².